The van der Waals surface area contributed by atoms with Gasteiger partial charge in [-0.2, -0.15) is 0 Å². The number of pyridine rings is 1. The Hall–Kier alpha value is -2.55. The van der Waals surface area contributed by atoms with Crippen LogP contribution in [0.1, 0.15) is 16.8 Å². The molecule has 0 aliphatic carbocycles. The summed E-state index contributed by atoms with van der Waals surface area (Å²) in [5.41, 5.74) is 10.0. The van der Waals surface area contributed by atoms with Gasteiger partial charge >= 0.3 is 0 Å². The molecule has 0 spiro atoms. The van der Waals surface area contributed by atoms with E-state index in [1.54, 1.807) is 6.20 Å². The molecule has 0 saturated heterocycles. The molecule has 1 aromatic heterocycles. The van der Waals surface area contributed by atoms with Crippen LogP contribution in [0.2, 0.25) is 0 Å². The van der Waals surface area contributed by atoms with Gasteiger partial charge in [0, 0.05) is 28.4 Å². The van der Waals surface area contributed by atoms with Crippen LogP contribution in [0.5, 0.6) is 11.5 Å². The molecule has 21 heavy (non-hydrogen) atoms. The SMILES string of the molecule is Cc1cc(C)cc(Oc2ccc(N)c3cnc(C)cc23)c1. The van der Waals surface area contributed by atoms with Crippen molar-refractivity contribution in [2.75, 3.05) is 5.73 Å². The summed E-state index contributed by atoms with van der Waals surface area (Å²) in [5, 5.41) is 1.91. The highest BCUT2D eigenvalue weighted by molar-refractivity contribution is 5.96. The third kappa shape index (κ3) is 2.68. The van der Waals surface area contributed by atoms with Crippen molar-refractivity contribution in [2.24, 2.45) is 0 Å². The molecule has 0 radical (unpaired) electrons. The molecule has 1 heterocycles. The van der Waals surface area contributed by atoms with Crippen molar-refractivity contribution in [1.82, 2.24) is 4.98 Å². The number of ether oxygens (including phenoxy) is 1. The molecule has 2 N–H and O–H groups in total. The van der Waals surface area contributed by atoms with E-state index >= 15 is 0 Å². The maximum absolute atomic E-state index is 6.08. The van der Waals surface area contributed by atoms with E-state index in [1.165, 1.54) is 11.1 Å². The van der Waals surface area contributed by atoms with Gasteiger partial charge in [0.25, 0.3) is 0 Å². The minimum Gasteiger partial charge on any atom is -0.457 e. The highest BCUT2D eigenvalue weighted by Crippen LogP contribution is 2.33. The fourth-order valence-corrected chi connectivity index (χ4v) is 2.55. The molecule has 0 bridgehead atoms. The van der Waals surface area contributed by atoms with Gasteiger partial charge in [0.05, 0.1) is 0 Å². The zero-order chi connectivity index (χ0) is 15.0. The van der Waals surface area contributed by atoms with E-state index in [4.69, 9.17) is 10.5 Å². The predicted octanol–water partition coefficient (Wildman–Crippen LogP) is 4.53. The van der Waals surface area contributed by atoms with Crippen LogP contribution in [0.25, 0.3) is 10.8 Å². The van der Waals surface area contributed by atoms with Crippen LogP contribution in [0.4, 0.5) is 5.69 Å². The third-order valence-electron chi connectivity index (χ3n) is 3.45. The fraction of sp³-hybridized carbons (Fsp3) is 0.167. The molecule has 0 aliphatic rings. The Morgan fingerprint density at radius 2 is 1.62 bits per heavy atom. The summed E-state index contributed by atoms with van der Waals surface area (Å²) in [6, 6.07) is 12.0. The summed E-state index contributed by atoms with van der Waals surface area (Å²) in [5.74, 6) is 1.64. The van der Waals surface area contributed by atoms with Crippen molar-refractivity contribution in [2.45, 2.75) is 20.8 Å². The molecule has 3 rings (SSSR count). The molecule has 3 heteroatoms. The van der Waals surface area contributed by atoms with Gasteiger partial charge in [-0.1, -0.05) is 6.07 Å². The third-order valence-corrected chi connectivity index (χ3v) is 3.45. The maximum Gasteiger partial charge on any atom is 0.135 e. The summed E-state index contributed by atoms with van der Waals surface area (Å²) in [6.07, 6.45) is 1.80. The van der Waals surface area contributed by atoms with Crippen molar-refractivity contribution >= 4 is 16.5 Å². The number of nitrogen functional groups attached to an aromatic ring is 1. The number of fused-ring (bicyclic) bond motifs is 1. The van der Waals surface area contributed by atoms with E-state index in [2.05, 4.69) is 24.9 Å². The standard InChI is InChI=1S/C18H18N2O/c1-11-6-12(2)8-14(7-11)21-18-5-4-17(19)16-10-20-13(3)9-15(16)18/h4-10H,19H2,1-3H3. The van der Waals surface area contributed by atoms with Gasteiger partial charge in [-0.15, -0.1) is 0 Å². The lowest BCUT2D eigenvalue weighted by molar-refractivity contribution is 0.487. The topological polar surface area (TPSA) is 48.1 Å². The number of hydrogen-bond donors (Lipinski definition) is 1. The monoisotopic (exact) mass is 278 g/mol. The first kappa shape index (κ1) is 13.4. The normalized spacial score (nSPS) is 10.8. The molecule has 0 aliphatic heterocycles. The first-order valence-corrected chi connectivity index (χ1v) is 6.94. The highest BCUT2D eigenvalue weighted by atomic mass is 16.5. The molecule has 106 valence electrons. The number of hydrogen-bond acceptors (Lipinski definition) is 3. The quantitative estimate of drug-likeness (QED) is 0.700. The zero-order valence-corrected chi connectivity index (χ0v) is 12.5. The number of anilines is 1. The number of benzene rings is 2. The van der Waals surface area contributed by atoms with Gasteiger partial charge in [-0.25, -0.2) is 0 Å². The van der Waals surface area contributed by atoms with E-state index in [-0.39, 0.29) is 0 Å². The molecule has 3 nitrogen and oxygen atoms in total. The van der Waals surface area contributed by atoms with Crippen molar-refractivity contribution in [3.63, 3.8) is 0 Å². The summed E-state index contributed by atoms with van der Waals surface area (Å²) >= 11 is 0. The van der Waals surface area contributed by atoms with Gasteiger partial charge in [-0.3, -0.25) is 4.98 Å². The van der Waals surface area contributed by atoms with Gasteiger partial charge in [-0.05, 0) is 62.2 Å². The van der Waals surface area contributed by atoms with Gasteiger partial charge in [0.2, 0.25) is 0 Å². The van der Waals surface area contributed by atoms with E-state index in [0.717, 1.165) is 28.0 Å². The zero-order valence-electron chi connectivity index (χ0n) is 12.5. The van der Waals surface area contributed by atoms with Gasteiger partial charge in [0.15, 0.2) is 0 Å². The van der Waals surface area contributed by atoms with Crippen molar-refractivity contribution < 1.29 is 4.74 Å². The Kier molecular flexibility index (Phi) is 3.26. The van der Waals surface area contributed by atoms with E-state index in [9.17, 15) is 0 Å². The van der Waals surface area contributed by atoms with Crippen LogP contribution >= 0.6 is 0 Å². The first-order chi connectivity index (χ1) is 10.0. The van der Waals surface area contributed by atoms with Crippen molar-refractivity contribution in [1.29, 1.82) is 0 Å². The predicted molar refractivity (Wildman–Crippen MR) is 86.9 cm³/mol. The maximum atomic E-state index is 6.08. The fourth-order valence-electron chi connectivity index (χ4n) is 2.55. The van der Waals surface area contributed by atoms with Gasteiger partial charge in [0.1, 0.15) is 11.5 Å². The van der Waals surface area contributed by atoms with E-state index in [0.29, 0.717) is 5.69 Å². The van der Waals surface area contributed by atoms with Crippen molar-refractivity contribution in [3.8, 4) is 11.5 Å². The minimum absolute atomic E-state index is 0.713. The van der Waals surface area contributed by atoms with Crippen LogP contribution < -0.4 is 10.5 Å². The van der Waals surface area contributed by atoms with Crippen molar-refractivity contribution in [3.05, 3.63) is 59.4 Å². The highest BCUT2D eigenvalue weighted by Gasteiger charge is 2.08. The summed E-state index contributed by atoms with van der Waals surface area (Å²) in [6.45, 7) is 6.09. The van der Waals surface area contributed by atoms with Crippen LogP contribution in [-0.2, 0) is 0 Å². The number of nitrogens with two attached hydrogens (primary N) is 1. The molecule has 3 aromatic rings. The Bertz CT molecular complexity index is 805. The van der Waals surface area contributed by atoms with Crippen LogP contribution in [-0.4, -0.2) is 4.98 Å². The van der Waals surface area contributed by atoms with E-state index in [1.807, 2.05) is 37.3 Å². The number of rotatable bonds is 2. The molecular weight excluding hydrogens is 260 g/mol. The molecule has 0 fully saturated rings. The Labute approximate surface area is 124 Å². The average Bonchev–Trinajstić information content (AvgIpc) is 2.41. The molecule has 0 saturated carbocycles. The van der Waals surface area contributed by atoms with Gasteiger partial charge < -0.3 is 10.5 Å². The van der Waals surface area contributed by atoms with Crippen LogP contribution in [0.15, 0.2) is 42.6 Å². The van der Waals surface area contributed by atoms with Crippen LogP contribution in [0.3, 0.4) is 0 Å². The first-order valence-electron chi connectivity index (χ1n) is 6.94. The second kappa shape index (κ2) is 5.09. The largest absolute Gasteiger partial charge is 0.457 e. The number of aromatic nitrogens is 1. The summed E-state index contributed by atoms with van der Waals surface area (Å²) in [4.78, 5) is 4.31. The minimum atomic E-state index is 0.713. The van der Waals surface area contributed by atoms with E-state index < -0.39 is 0 Å². The number of aryl methyl sites for hydroxylation is 3. The number of nitrogens with zero attached hydrogens (tertiary/aromatic N) is 1. The molecular formula is C18H18N2O. The lowest BCUT2D eigenvalue weighted by Crippen LogP contribution is -1.93. The summed E-state index contributed by atoms with van der Waals surface area (Å²) < 4.78 is 6.08. The second-order valence-electron chi connectivity index (χ2n) is 5.45. The lowest BCUT2D eigenvalue weighted by atomic mass is 10.1. The molecule has 0 amide bonds. The lowest BCUT2D eigenvalue weighted by Gasteiger charge is -2.12. The molecule has 2 aromatic carbocycles. The Morgan fingerprint density at radius 1 is 0.905 bits per heavy atom. The second-order valence-corrected chi connectivity index (χ2v) is 5.45. The molecule has 0 atom stereocenters. The molecule has 0 unspecified atom stereocenters. The Morgan fingerprint density at radius 3 is 2.33 bits per heavy atom. The summed E-state index contributed by atoms with van der Waals surface area (Å²) in [7, 11) is 0. The van der Waals surface area contributed by atoms with Crippen LogP contribution in [0, 0.1) is 20.8 Å². The smallest absolute Gasteiger partial charge is 0.135 e. The Balaban J connectivity index is 2.12. The average molecular weight is 278 g/mol.